The highest BCUT2D eigenvalue weighted by Crippen LogP contribution is 2.24. The Hall–Kier alpha value is -1.65. The van der Waals surface area contributed by atoms with Gasteiger partial charge in [0.25, 0.3) is 0 Å². The number of methoxy groups -OCH3 is 1. The molecule has 1 aromatic carbocycles. The standard InChI is InChI=1S/C18H23Cl2N5O2.HI/c1-4-21-17(23-11-14-9-15(19)16(20)25(14)2)22-10-12-5-7-13(8-6-12)24-18(26)27-3;/h5-9H,4,10-11H2,1-3H3,(H,24,26)(H2,21,22,23);1H. The third-order valence-electron chi connectivity index (χ3n) is 3.80. The summed E-state index contributed by atoms with van der Waals surface area (Å²) in [4.78, 5) is 15.8. The first-order valence-electron chi connectivity index (χ1n) is 8.40. The number of hydrogen-bond acceptors (Lipinski definition) is 3. The summed E-state index contributed by atoms with van der Waals surface area (Å²) < 4.78 is 6.39. The second kappa shape index (κ2) is 12.0. The number of amides is 1. The van der Waals surface area contributed by atoms with Gasteiger partial charge in [-0.05, 0) is 30.7 Å². The van der Waals surface area contributed by atoms with Crippen molar-refractivity contribution in [3.05, 3.63) is 51.8 Å². The summed E-state index contributed by atoms with van der Waals surface area (Å²) in [6.45, 7) is 3.77. The van der Waals surface area contributed by atoms with Crippen LogP contribution in [0.3, 0.4) is 0 Å². The van der Waals surface area contributed by atoms with Gasteiger partial charge in [-0.1, -0.05) is 35.3 Å². The number of benzene rings is 1. The van der Waals surface area contributed by atoms with Crippen LogP contribution in [0.15, 0.2) is 35.3 Å². The number of guanidine groups is 1. The van der Waals surface area contributed by atoms with Crippen LogP contribution in [0, 0.1) is 0 Å². The molecule has 0 saturated heterocycles. The summed E-state index contributed by atoms with van der Waals surface area (Å²) in [6, 6.07) is 9.23. The molecule has 0 spiro atoms. The van der Waals surface area contributed by atoms with Gasteiger partial charge in [-0.3, -0.25) is 5.32 Å². The topological polar surface area (TPSA) is 79.7 Å². The molecule has 1 heterocycles. The van der Waals surface area contributed by atoms with Crippen LogP contribution in [0.5, 0.6) is 0 Å². The molecule has 0 aliphatic carbocycles. The number of rotatable bonds is 6. The molecule has 7 nitrogen and oxygen atoms in total. The molecular formula is C18H24Cl2IN5O2. The van der Waals surface area contributed by atoms with E-state index in [4.69, 9.17) is 23.2 Å². The zero-order valence-corrected chi connectivity index (χ0v) is 19.7. The van der Waals surface area contributed by atoms with Crippen LogP contribution >= 0.6 is 47.2 Å². The lowest BCUT2D eigenvalue weighted by molar-refractivity contribution is 0.187. The van der Waals surface area contributed by atoms with E-state index in [-0.39, 0.29) is 24.0 Å². The highest BCUT2D eigenvalue weighted by molar-refractivity contribution is 14.0. The Morgan fingerprint density at radius 2 is 1.89 bits per heavy atom. The van der Waals surface area contributed by atoms with Crippen molar-refractivity contribution in [3.63, 3.8) is 0 Å². The largest absolute Gasteiger partial charge is 0.453 e. The average molecular weight is 540 g/mol. The number of ether oxygens (including phenoxy) is 1. The predicted molar refractivity (Wildman–Crippen MR) is 125 cm³/mol. The van der Waals surface area contributed by atoms with Crippen LogP contribution in [-0.2, 0) is 24.9 Å². The zero-order valence-electron chi connectivity index (χ0n) is 15.9. The van der Waals surface area contributed by atoms with Crippen molar-refractivity contribution in [3.8, 4) is 0 Å². The van der Waals surface area contributed by atoms with Crippen LogP contribution in [0.1, 0.15) is 18.2 Å². The van der Waals surface area contributed by atoms with Gasteiger partial charge in [0, 0.05) is 25.0 Å². The molecule has 154 valence electrons. The number of aliphatic imine (C=N–C) groups is 1. The van der Waals surface area contributed by atoms with Gasteiger partial charge in [-0.15, -0.1) is 24.0 Å². The van der Waals surface area contributed by atoms with E-state index in [0.717, 1.165) is 17.8 Å². The molecular weight excluding hydrogens is 516 g/mol. The van der Waals surface area contributed by atoms with Gasteiger partial charge in [0.05, 0.1) is 25.2 Å². The fraction of sp³-hybridized carbons (Fsp3) is 0.333. The number of aromatic nitrogens is 1. The fourth-order valence-electron chi connectivity index (χ4n) is 2.31. The number of carbonyl (C=O) groups is 1. The van der Waals surface area contributed by atoms with Crippen LogP contribution in [0.25, 0.3) is 0 Å². The van der Waals surface area contributed by atoms with Crippen molar-refractivity contribution in [1.82, 2.24) is 15.2 Å². The second-order valence-electron chi connectivity index (χ2n) is 5.70. The molecule has 3 N–H and O–H groups in total. The third-order valence-corrected chi connectivity index (χ3v) is 4.64. The second-order valence-corrected chi connectivity index (χ2v) is 6.46. The summed E-state index contributed by atoms with van der Waals surface area (Å²) in [5.74, 6) is 0.683. The molecule has 0 atom stereocenters. The molecule has 0 fully saturated rings. The van der Waals surface area contributed by atoms with Crippen LogP contribution in [0.2, 0.25) is 10.2 Å². The number of carbonyl (C=O) groups excluding carboxylic acids is 1. The maximum atomic E-state index is 11.2. The SMILES string of the molecule is CCNC(=NCc1ccc(NC(=O)OC)cc1)NCc1cc(Cl)c(Cl)n1C.I. The van der Waals surface area contributed by atoms with Crippen molar-refractivity contribution in [2.24, 2.45) is 12.0 Å². The first-order valence-corrected chi connectivity index (χ1v) is 9.15. The third kappa shape index (κ3) is 7.06. The lowest BCUT2D eigenvalue weighted by Gasteiger charge is -2.12. The molecule has 0 aliphatic rings. The molecule has 1 amide bonds. The minimum atomic E-state index is -0.500. The van der Waals surface area contributed by atoms with Gasteiger partial charge in [0.15, 0.2) is 5.96 Å². The molecule has 0 unspecified atom stereocenters. The first kappa shape index (κ1) is 24.4. The Bertz CT molecular complexity index is 809. The fourth-order valence-corrected chi connectivity index (χ4v) is 2.72. The summed E-state index contributed by atoms with van der Waals surface area (Å²) >= 11 is 12.1. The van der Waals surface area contributed by atoms with Gasteiger partial charge in [0.2, 0.25) is 0 Å². The van der Waals surface area contributed by atoms with Crippen LogP contribution in [0.4, 0.5) is 10.5 Å². The average Bonchev–Trinajstić information content (AvgIpc) is 2.91. The quantitative estimate of drug-likeness (QED) is 0.289. The predicted octanol–water partition coefficient (Wildman–Crippen LogP) is 4.38. The van der Waals surface area contributed by atoms with Crippen molar-refractivity contribution in [1.29, 1.82) is 0 Å². The summed E-state index contributed by atoms with van der Waals surface area (Å²) in [7, 11) is 3.18. The van der Waals surface area contributed by atoms with E-state index in [1.807, 2.05) is 36.7 Å². The first-order chi connectivity index (χ1) is 12.9. The number of halogens is 3. The van der Waals surface area contributed by atoms with E-state index in [9.17, 15) is 4.79 Å². The van der Waals surface area contributed by atoms with Crippen LogP contribution in [-0.4, -0.2) is 30.3 Å². The Kier molecular flexibility index (Phi) is 10.5. The number of hydrogen-bond donors (Lipinski definition) is 3. The molecule has 0 bridgehead atoms. The lowest BCUT2D eigenvalue weighted by Crippen LogP contribution is -2.37. The molecule has 28 heavy (non-hydrogen) atoms. The maximum Gasteiger partial charge on any atom is 0.411 e. The molecule has 0 radical (unpaired) electrons. The highest BCUT2D eigenvalue weighted by Gasteiger charge is 2.09. The van der Waals surface area contributed by atoms with Crippen molar-refractivity contribution >= 4 is 64.9 Å². The smallest absolute Gasteiger partial charge is 0.411 e. The van der Waals surface area contributed by atoms with E-state index in [1.165, 1.54) is 7.11 Å². The molecule has 0 aliphatic heterocycles. The van der Waals surface area contributed by atoms with E-state index < -0.39 is 6.09 Å². The number of nitrogens with one attached hydrogen (secondary N) is 3. The van der Waals surface area contributed by atoms with Gasteiger partial charge in [0.1, 0.15) is 5.15 Å². The zero-order chi connectivity index (χ0) is 19.8. The maximum absolute atomic E-state index is 11.2. The van der Waals surface area contributed by atoms with Gasteiger partial charge < -0.3 is 19.9 Å². The molecule has 2 aromatic rings. The van der Waals surface area contributed by atoms with Crippen molar-refractivity contribution < 1.29 is 9.53 Å². The Morgan fingerprint density at radius 3 is 2.43 bits per heavy atom. The van der Waals surface area contributed by atoms with Crippen molar-refractivity contribution in [2.45, 2.75) is 20.0 Å². The Morgan fingerprint density at radius 1 is 1.21 bits per heavy atom. The van der Waals surface area contributed by atoms with E-state index in [1.54, 1.807) is 12.1 Å². The Balaban J connectivity index is 0.00000392. The summed E-state index contributed by atoms with van der Waals surface area (Å²) in [5.41, 5.74) is 2.62. The van der Waals surface area contributed by atoms with Gasteiger partial charge in [-0.25, -0.2) is 9.79 Å². The van der Waals surface area contributed by atoms with E-state index >= 15 is 0 Å². The monoisotopic (exact) mass is 539 g/mol. The van der Waals surface area contributed by atoms with Gasteiger partial charge >= 0.3 is 6.09 Å². The summed E-state index contributed by atoms with van der Waals surface area (Å²) in [5, 5.41) is 10.1. The summed E-state index contributed by atoms with van der Waals surface area (Å²) in [6.07, 6.45) is -0.500. The number of anilines is 1. The highest BCUT2D eigenvalue weighted by atomic mass is 127. The molecule has 0 saturated carbocycles. The van der Waals surface area contributed by atoms with E-state index in [0.29, 0.717) is 34.9 Å². The molecule has 1 aromatic heterocycles. The normalized spacial score (nSPS) is 10.8. The minimum Gasteiger partial charge on any atom is -0.453 e. The minimum absolute atomic E-state index is 0. The van der Waals surface area contributed by atoms with Crippen LogP contribution < -0.4 is 16.0 Å². The molecule has 10 heteroatoms. The number of nitrogens with zero attached hydrogens (tertiary/aromatic N) is 2. The Labute approximate surface area is 191 Å². The lowest BCUT2D eigenvalue weighted by atomic mass is 10.2. The molecule has 2 rings (SSSR count). The van der Waals surface area contributed by atoms with Gasteiger partial charge in [-0.2, -0.15) is 0 Å². The van der Waals surface area contributed by atoms with Crippen molar-refractivity contribution in [2.75, 3.05) is 19.0 Å². The van der Waals surface area contributed by atoms with E-state index in [2.05, 4.69) is 25.7 Å².